The predicted molar refractivity (Wildman–Crippen MR) is 105 cm³/mol. The number of nitrogens with zero attached hydrogens (tertiary/aromatic N) is 3. The molecule has 132 valence electrons. The lowest BCUT2D eigenvalue weighted by Gasteiger charge is -2.33. The van der Waals surface area contributed by atoms with Crippen molar-refractivity contribution in [3.63, 3.8) is 0 Å². The molecular formula is C16H17N3O2S4. The lowest BCUT2D eigenvalue weighted by Crippen LogP contribution is -2.48. The highest BCUT2D eigenvalue weighted by molar-refractivity contribution is 7.91. The van der Waals surface area contributed by atoms with Crippen molar-refractivity contribution < 1.29 is 8.42 Å². The van der Waals surface area contributed by atoms with Crippen molar-refractivity contribution in [3.8, 4) is 11.3 Å². The first-order chi connectivity index (χ1) is 12.0. The van der Waals surface area contributed by atoms with E-state index in [0.717, 1.165) is 21.3 Å². The summed E-state index contributed by atoms with van der Waals surface area (Å²) in [6.07, 6.45) is 0. The quantitative estimate of drug-likeness (QED) is 0.656. The molecule has 1 fully saturated rings. The zero-order chi connectivity index (χ0) is 17.4. The number of thiophene rings is 2. The first-order valence-corrected chi connectivity index (χ1v) is 11.9. The Morgan fingerprint density at radius 1 is 1.08 bits per heavy atom. The van der Waals surface area contributed by atoms with Crippen molar-refractivity contribution in [2.75, 3.05) is 31.1 Å². The first-order valence-electron chi connectivity index (χ1n) is 7.84. The fourth-order valence-electron chi connectivity index (χ4n) is 2.75. The van der Waals surface area contributed by atoms with Crippen LogP contribution in [-0.4, -0.2) is 43.9 Å². The third-order valence-electron chi connectivity index (χ3n) is 4.13. The highest BCUT2D eigenvalue weighted by Crippen LogP contribution is 2.30. The molecule has 4 rings (SSSR count). The summed E-state index contributed by atoms with van der Waals surface area (Å²) in [5.41, 5.74) is 2.13. The minimum Gasteiger partial charge on any atom is -0.345 e. The summed E-state index contributed by atoms with van der Waals surface area (Å²) in [6, 6.07) is 5.63. The van der Waals surface area contributed by atoms with Gasteiger partial charge in [0.1, 0.15) is 4.21 Å². The van der Waals surface area contributed by atoms with Gasteiger partial charge in [-0.25, -0.2) is 13.4 Å². The third-order valence-corrected chi connectivity index (χ3v) is 9.08. The maximum absolute atomic E-state index is 12.7. The number of anilines is 1. The van der Waals surface area contributed by atoms with Gasteiger partial charge in [0.2, 0.25) is 0 Å². The summed E-state index contributed by atoms with van der Waals surface area (Å²) < 4.78 is 27.4. The molecule has 5 nitrogen and oxygen atoms in total. The van der Waals surface area contributed by atoms with E-state index < -0.39 is 10.0 Å². The molecule has 25 heavy (non-hydrogen) atoms. The predicted octanol–water partition coefficient (Wildman–Crippen LogP) is 3.75. The molecule has 1 saturated heterocycles. The average molecular weight is 412 g/mol. The molecule has 0 amide bonds. The summed E-state index contributed by atoms with van der Waals surface area (Å²) in [5.74, 6) is 0. The largest absolute Gasteiger partial charge is 0.345 e. The molecule has 0 atom stereocenters. The second-order valence-electron chi connectivity index (χ2n) is 5.78. The molecule has 0 bridgehead atoms. The van der Waals surface area contributed by atoms with Crippen LogP contribution in [0.2, 0.25) is 0 Å². The highest BCUT2D eigenvalue weighted by atomic mass is 32.2. The third kappa shape index (κ3) is 3.39. The second kappa shape index (κ2) is 6.81. The van der Waals surface area contributed by atoms with E-state index in [0.29, 0.717) is 30.4 Å². The van der Waals surface area contributed by atoms with E-state index in [4.69, 9.17) is 4.98 Å². The number of piperazine rings is 1. The van der Waals surface area contributed by atoms with Gasteiger partial charge in [-0.3, -0.25) is 0 Å². The number of sulfonamides is 1. The van der Waals surface area contributed by atoms with Crippen molar-refractivity contribution >= 4 is 49.2 Å². The monoisotopic (exact) mass is 411 g/mol. The van der Waals surface area contributed by atoms with Crippen molar-refractivity contribution in [3.05, 3.63) is 39.2 Å². The topological polar surface area (TPSA) is 53.5 Å². The van der Waals surface area contributed by atoms with Gasteiger partial charge >= 0.3 is 0 Å². The van der Waals surface area contributed by atoms with Crippen molar-refractivity contribution in [2.24, 2.45) is 0 Å². The van der Waals surface area contributed by atoms with Crippen molar-refractivity contribution in [2.45, 2.75) is 11.1 Å². The summed E-state index contributed by atoms with van der Waals surface area (Å²) in [4.78, 5) is 7.90. The van der Waals surface area contributed by atoms with Crippen LogP contribution in [0.15, 0.2) is 38.5 Å². The van der Waals surface area contributed by atoms with Gasteiger partial charge in [-0.05, 0) is 30.5 Å². The fourth-order valence-corrected chi connectivity index (χ4v) is 7.15. The van der Waals surface area contributed by atoms with Crippen LogP contribution in [0.1, 0.15) is 4.88 Å². The normalized spacial score (nSPS) is 16.4. The van der Waals surface area contributed by atoms with Gasteiger partial charge < -0.3 is 4.90 Å². The fraction of sp³-hybridized carbons (Fsp3) is 0.312. The van der Waals surface area contributed by atoms with Gasteiger partial charge in [-0.15, -0.1) is 22.7 Å². The number of rotatable bonds is 4. The van der Waals surface area contributed by atoms with Gasteiger partial charge in [0.15, 0.2) is 5.13 Å². The zero-order valence-corrected chi connectivity index (χ0v) is 16.8. The lowest BCUT2D eigenvalue weighted by atomic mass is 10.3. The van der Waals surface area contributed by atoms with Crippen LogP contribution in [-0.2, 0) is 10.0 Å². The van der Waals surface area contributed by atoms with E-state index in [-0.39, 0.29) is 0 Å². The number of aromatic nitrogens is 1. The SMILES string of the molecule is Cc1ccc(S(=O)(=O)N2CCN(c3nc(-c4ccsc4)cs3)CC2)s1. The van der Waals surface area contributed by atoms with Crippen LogP contribution in [0.4, 0.5) is 5.13 Å². The molecule has 0 radical (unpaired) electrons. The molecule has 3 aromatic heterocycles. The summed E-state index contributed by atoms with van der Waals surface area (Å²) in [7, 11) is -3.37. The van der Waals surface area contributed by atoms with Crippen LogP contribution in [0, 0.1) is 6.92 Å². The Balaban J connectivity index is 1.45. The van der Waals surface area contributed by atoms with E-state index in [1.54, 1.807) is 33.0 Å². The molecule has 4 heterocycles. The molecule has 1 aliphatic heterocycles. The smallest absolute Gasteiger partial charge is 0.252 e. The van der Waals surface area contributed by atoms with E-state index >= 15 is 0 Å². The Morgan fingerprint density at radius 3 is 2.52 bits per heavy atom. The number of hydrogen-bond acceptors (Lipinski definition) is 7. The minimum atomic E-state index is -3.37. The molecule has 0 unspecified atom stereocenters. The summed E-state index contributed by atoms with van der Waals surface area (Å²) in [6.45, 7) is 4.24. The van der Waals surface area contributed by atoms with E-state index in [2.05, 4.69) is 21.7 Å². The molecule has 0 spiro atoms. The van der Waals surface area contributed by atoms with Crippen LogP contribution < -0.4 is 4.90 Å². The number of hydrogen-bond donors (Lipinski definition) is 0. The molecule has 3 aromatic rings. The van der Waals surface area contributed by atoms with E-state index in [9.17, 15) is 8.42 Å². The lowest BCUT2D eigenvalue weighted by molar-refractivity contribution is 0.386. The van der Waals surface area contributed by atoms with Crippen molar-refractivity contribution in [1.29, 1.82) is 0 Å². The van der Waals surface area contributed by atoms with Gasteiger partial charge in [0, 0.05) is 47.4 Å². The maximum atomic E-state index is 12.7. The highest BCUT2D eigenvalue weighted by Gasteiger charge is 2.30. The van der Waals surface area contributed by atoms with Gasteiger partial charge in [0.05, 0.1) is 5.69 Å². The summed E-state index contributed by atoms with van der Waals surface area (Å²) >= 11 is 4.61. The number of thiazole rings is 1. The van der Waals surface area contributed by atoms with E-state index in [1.165, 1.54) is 11.3 Å². The Morgan fingerprint density at radius 2 is 1.88 bits per heavy atom. The Kier molecular flexibility index (Phi) is 4.67. The molecule has 0 saturated carbocycles. The molecular weight excluding hydrogens is 394 g/mol. The molecule has 1 aliphatic rings. The Bertz CT molecular complexity index is 951. The molecule has 0 aromatic carbocycles. The van der Waals surface area contributed by atoms with Crippen LogP contribution in [0.5, 0.6) is 0 Å². The summed E-state index contributed by atoms with van der Waals surface area (Å²) in [5, 5.41) is 7.16. The molecule has 0 N–H and O–H groups in total. The van der Waals surface area contributed by atoms with Crippen LogP contribution in [0.25, 0.3) is 11.3 Å². The molecule has 0 aliphatic carbocycles. The standard InChI is InChI=1S/C16H17N3O2S4/c1-12-2-3-15(24-12)25(20,21)19-7-5-18(6-8-19)16-17-14(11-23-16)13-4-9-22-10-13/h2-4,9-11H,5-8H2,1H3. The zero-order valence-electron chi connectivity index (χ0n) is 13.6. The van der Waals surface area contributed by atoms with Crippen LogP contribution >= 0.6 is 34.0 Å². The van der Waals surface area contributed by atoms with Gasteiger partial charge in [0.25, 0.3) is 10.0 Å². The van der Waals surface area contributed by atoms with Crippen molar-refractivity contribution in [1.82, 2.24) is 9.29 Å². The van der Waals surface area contributed by atoms with Crippen LogP contribution in [0.3, 0.4) is 0 Å². The molecule has 9 heteroatoms. The maximum Gasteiger partial charge on any atom is 0.252 e. The average Bonchev–Trinajstić information content (AvgIpc) is 3.35. The Hall–Kier alpha value is -1.26. The number of aryl methyl sites for hydroxylation is 1. The minimum absolute atomic E-state index is 0.437. The second-order valence-corrected chi connectivity index (χ2v) is 10.9. The van der Waals surface area contributed by atoms with Gasteiger partial charge in [-0.2, -0.15) is 15.6 Å². The first kappa shape index (κ1) is 17.2. The van der Waals surface area contributed by atoms with Gasteiger partial charge in [-0.1, -0.05) is 0 Å². The van der Waals surface area contributed by atoms with E-state index in [1.807, 2.05) is 18.4 Å². The Labute approximate surface area is 159 Å².